The molecule has 0 saturated carbocycles. The SMILES string of the molecule is COc1ccc([C@@H](CC(=O)N(C)Cc2ccc(C)cc2C)NC(C)=O)cc1. The summed E-state index contributed by atoms with van der Waals surface area (Å²) in [5, 5.41) is 2.87. The predicted octanol–water partition coefficient (Wildman–Crippen LogP) is 3.54. The van der Waals surface area contributed by atoms with E-state index in [1.807, 2.05) is 24.3 Å². The average Bonchev–Trinajstić information content (AvgIpc) is 2.63. The van der Waals surface area contributed by atoms with E-state index in [1.54, 1.807) is 19.1 Å². The molecule has 27 heavy (non-hydrogen) atoms. The van der Waals surface area contributed by atoms with E-state index in [1.165, 1.54) is 18.1 Å². The molecule has 0 fully saturated rings. The number of hydrogen-bond donors (Lipinski definition) is 1. The number of nitrogens with one attached hydrogen (secondary N) is 1. The van der Waals surface area contributed by atoms with Gasteiger partial charge in [0.2, 0.25) is 11.8 Å². The monoisotopic (exact) mass is 368 g/mol. The zero-order valence-corrected chi connectivity index (χ0v) is 16.7. The minimum atomic E-state index is -0.373. The van der Waals surface area contributed by atoms with Crippen molar-refractivity contribution in [3.8, 4) is 5.75 Å². The molecule has 2 aromatic carbocycles. The highest BCUT2D eigenvalue weighted by Gasteiger charge is 2.20. The van der Waals surface area contributed by atoms with Gasteiger partial charge in [-0.1, -0.05) is 35.9 Å². The maximum Gasteiger partial charge on any atom is 0.225 e. The van der Waals surface area contributed by atoms with Crippen LogP contribution in [0.2, 0.25) is 0 Å². The van der Waals surface area contributed by atoms with Crippen LogP contribution < -0.4 is 10.1 Å². The summed E-state index contributed by atoms with van der Waals surface area (Å²) in [6, 6.07) is 13.3. The Hall–Kier alpha value is -2.82. The van der Waals surface area contributed by atoms with Gasteiger partial charge >= 0.3 is 0 Å². The summed E-state index contributed by atoms with van der Waals surface area (Å²) in [5.41, 5.74) is 4.37. The third-order valence-electron chi connectivity index (χ3n) is 4.61. The maximum atomic E-state index is 12.8. The fraction of sp³-hybridized carbons (Fsp3) is 0.364. The second-order valence-electron chi connectivity index (χ2n) is 6.91. The van der Waals surface area contributed by atoms with E-state index in [0.717, 1.165) is 16.9 Å². The highest BCUT2D eigenvalue weighted by molar-refractivity contribution is 5.79. The molecule has 144 valence electrons. The topological polar surface area (TPSA) is 58.6 Å². The van der Waals surface area contributed by atoms with E-state index in [9.17, 15) is 9.59 Å². The molecule has 5 heteroatoms. The first-order valence-corrected chi connectivity index (χ1v) is 9.01. The van der Waals surface area contributed by atoms with E-state index < -0.39 is 0 Å². The summed E-state index contributed by atoms with van der Waals surface area (Å²) in [5.74, 6) is 0.545. The van der Waals surface area contributed by atoms with Crippen LogP contribution in [0.4, 0.5) is 0 Å². The zero-order chi connectivity index (χ0) is 20.0. The first kappa shape index (κ1) is 20.5. The highest BCUT2D eigenvalue weighted by atomic mass is 16.5. The van der Waals surface area contributed by atoms with Crippen molar-refractivity contribution in [1.29, 1.82) is 0 Å². The summed E-state index contributed by atoms with van der Waals surface area (Å²) in [7, 11) is 3.40. The molecule has 0 saturated heterocycles. The molecule has 2 rings (SSSR count). The van der Waals surface area contributed by atoms with Crippen LogP contribution in [-0.4, -0.2) is 30.9 Å². The van der Waals surface area contributed by atoms with Crippen LogP contribution in [0.1, 0.15) is 41.6 Å². The minimum absolute atomic E-state index is 0.0236. The molecule has 0 aliphatic carbocycles. The normalized spacial score (nSPS) is 11.6. The fourth-order valence-corrected chi connectivity index (χ4v) is 3.03. The Morgan fingerprint density at radius 1 is 1.11 bits per heavy atom. The third-order valence-corrected chi connectivity index (χ3v) is 4.61. The molecule has 1 atom stereocenters. The molecule has 0 unspecified atom stereocenters. The molecule has 0 aliphatic heterocycles. The zero-order valence-electron chi connectivity index (χ0n) is 16.7. The number of aryl methyl sites for hydroxylation is 2. The second-order valence-corrected chi connectivity index (χ2v) is 6.91. The van der Waals surface area contributed by atoms with Crippen molar-refractivity contribution < 1.29 is 14.3 Å². The van der Waals surface area contributed by atoms with Crippen molar-refractivity contribution in [3.63, 3.8) is 0 Å². The smallest absolute Gasteiger partial charge is 0.225 e. The van der Waals surface area contributed by atoms with E-state index >= 15 is 0 Å². The largest absolute Gasteiger partial charge is 0.497 e. The van der Waals surface area contributed by atoms with Crippen LogP contribution in [-0.2, 0) is 16.1 Å². The highest BCUT2D eigenvalue weighted by Crippen LogP contribution is 2.22. The molecule has 0 radical (unpaired) electrons. The first-order chi connectivity index (χ1) is 12.8. The van der Waals surface area contributed by atoms with E-state index in [4.69, 9.17) is 4.74 Å². The number of rotatable bonds is 7. The van der Waals surface area contributed by atoms with Crippen molar-refractivity contribution >= 4 is 11.8 Å². The van der Waals surface area contributed by atoms with Crippen LogP contribution in [0.15, 0.2) is 42.5 Å². The number of amides is 2. The number of nitrogens with zero attached hydrogens (tertiary/aromatic N) is 1. The molecule has 2 aromatic rings. The maximum absolute atomic E-state index is 12.8. The Morgan fingerprint density at radius 2 is 1.78 bits per heavy atom. The van der Waals surface area contributed by atoms with Gasteiger partial charge in [0.1, 0.15) is 5.75 Å². The third kappa shape index (κ3) is 5.84. The number of hydrogen-bond acceptors (Lipinski definition) is 3. The van der Waals surface area contributed by atoms with E-state index in [0.29, 0.717) is 6.54 Å². The van der Waals surface area contributed by atoms with Gasteiger partial charge in [-0.3, -0.25) is 9.59 Å². The summed E-state index contributed by atoms with van der Waals surface area (Å²) >= 11 is 0. The quantitative estimate of drug-likeness (QED) is 0.813. The molecular formula is C22H28N2O3. The van der Waals surface area contributed by atoms with Crippen LogP contribution in [0.25, 0.3) is 0 Å². The molecule has 5 nitrogen and oxygen atoms in total. The lowest BCUT2D eigenvalue weighted by Gasteiger charge is -2.23. The molecule has 0 aliphatic rings. The predicted molar refractivity (Wildman–Crippen MR) is 107 cm³/mol. The number of carbonyl (C=O) groups is 2. The van der Waals surface area contributed by atoms with Crippen LogP contribution >= 0.6 is 0 Å². The summed E-state index contributed by atoms with van der Waals surface area (Å²) in [6.07, 6.45) is 0.202. The summed E-state index contributed by atoms with van der Waals surface area (Å²) in [4.78, 5) is 26.1. The molecular weight excluding hydrogens is 340 g/mol. The first-order valence-electron chi connectivity index (χ1n) is 9.01. The Labute approximate surface area is 161 Å². The van der Waals surface area contributed by atoms with Gasteiger partial charge in [-0.25, -0.2) is 0 Å². The van der Waals surface area contributed by atoms with Crippen molar-refractivity contribution in [1.82, 2.24) is 10.2 Å². The van der Waals surface area contributed by atoms with Gasteiger partial charge in [-0.2, -0.15) is 0 Å². The van der Waals surface area contributed by atoms with Crippen LogP contribution in [0, 0.1) is 13.8 Å². The van der Waals surface area contributed by atoms with Gasteiger partial charge in [0.25, 0.3) is 0 Å². The molecule has 0 bridgehead atoms. The van der Waals surface area contributed by atoms with Gasteiger partial charge in [-0.05, 0) is 42.7 Å². The van der Waals surface area contributed by atoms with Crippen LogP contribution in [0.3, 0.4) is 0 Å². The van der Waals surface area contributed by atoms with Crippen molar-refractivity contribution in [2.45, 2.75) is 39.8 Å². The van der Waals surface area contributed by atoms with Crippen molar-refractivity contribution in [2.24, 2.45) is 0 Å². The van der Waals surface area contributed by atoms with Crippen molar-refractivity contribution in [3.05, 3.63) is 64.7 Å². The Bertz CT molecular complexity index is 800. The summed E-state index contributed by atoms with van der Waals surface area (Å²) < 4.78 is 5.17. The lowest BCUT2D eigenvalue weighted by atomic mass is 10.0. The number of benzene rings is 2. The van der Waals surface area contributed by atoms with Crippen molar-refractivity contribution in [2.75, 3.05) is 14.2 Å². The Balaban J connectivity index is 2.10. The van der Waals surface area contributed by atoms with Gasteiger partial charge in [0.05, 0.1) is 19.6 Å². The average molecular weight is 368 g/mol. The lowest BCUT2D eigenvalue weighted by molar-refractivity contribution is -0.131. The van der Waals surface area contributed by atoms with Gasteiger partial charge in [0.15, 0.2) is 0 Å². The number of ether oxygens (including phenoxy) is 1. The van der Waals surface area contributed by atoms with E-state index in [-0.39, 0.29) is 24.3 Å². The molecule has 1 N–H and O–H groups in total. The lowest BCUT2D eigenvalue weighted by Crippen LogP contribution is -2.33. The molecule has 2 amide bonds. The second kappa shape index (κ2) is 9.21. The van der Waals surface area contributed by atoms with E-state index in [2.05, 4.69) is 37.4 Å². The standard InChI is InChI=1S/C22H28N2O3/c1-15-6-7-19(16(2)12-15)14-24(4)22(26)13-21(23-17(3)25)18-8-10-20(27-5)11-9-18/h6-12,21H,13-14H2,1-5H3,(H,23,25)/t21-/m1/s1. The van der Waals surface area contributed by atoms with Gasteiger partial charge in [-0.15, -0.1) is 0 Å². The number of methoxy groups -OCH3 is 1. The van der Waals surface area contributed by atoms with Gasteiger partial charge in [0, 0.05) is 20.5 Å². The number of carbonyl (C=O) groups excluding carboxylic acids is 2. The molecule has 0 aromatic heterocycles. The minimum Gasteiger partial charge on any atom is -0.497 e. The Morgan fingerprint density at radius 3 is 2.33 bits per heavy atom. The van der Waals surface area contributed by atoms with Gasteiger partial charge < -0.3 is 15.0 Å². The molecule has 0 heterocycles. The molecule has 0 spiro atoms. The van der Waals surface area contributed by atoms with Crippen LogP contribution in [0.5, 0.6) is 5.75 Å². The Kier molecular flexibility index (Phi) is 6.99. The fourth-order valence-electron chi connectivity index (χ4n) is 3.03. The summed E-state index contributed by atoms with van der Waals surface area (Å²) in [6.45, 7) is 6.11.